The summed E-state index contributed by atoms with van der Waals surface area (Å²) in [6.45, 7) is 2.53. The molecule has 1 atom stereocenters. The average molecular weight is 293 g/mol. The van der Waals surface area contributed by atoms with Gasteiger partial charge in [-0.1, -0.05) is 23.7 Å². The zero-order chi connectivity index (χ0) is 14.3. The van der Waals surface area contributed by atoms with Crippen molar-refractivity contribution in [2.45, 2.75) is 50.7 Å². The summed E-state index contributed by atoms with van der Waals surface area (Å²) in [5.41, 5.74) is 6.71. The maximum atomic E-state index is 12.8. The van der Waals surface area contributed by atoms with Crippen LogP contribution in [0.3, 0.4) is 0 Å². The standard InChI is InChI=1S/C16H21ClN2O/c1-16(18,12-4-5-12)15(20)19(14-8-9-14)10-11-2-6-13(17)7-3-11/h2-3,6-7,12,14H,4-5,8-10,18H2,1H3. The van der Waals surface area contributed by atoms with Gasteiger partial charge in [0.1, 0.15) is 0 Å². The number of carbonyl (C=O) groups is 1. The van der Waals surface area contributed by atoms with Crippen molar-refractivity contribution in [2.75, 3.05) is 0 Å². The Bertz CT molecular complexity index is 504. The number of nitrogens with zero attached hydrogens (tertiary/aromatic N) is 1. The number of carbonyl (C=O) groups excluding carboxylic acids is 1. The van der Waals surface area contributed by atoms with Crippen molar-refractivity contribution >= 4 is 17.5 Å². The molecule has 0 bridgehead atoms. The summed E-state index contributed by atoms with van der Waals surface area (Å²) in [6.07, 6.45) is 4.36. The zero-order valence-corrected chi connectivity index (χ0v) is 12.6. The predicted molar refractivity (Wildman–Crippen MR) is 80.3 cm³/mol. The molecule has 4 heteroatoms. The Morgan fingerprint density at radius 2 is 1.90 bits per heavy atom. The van der Waals surface area contributed by atoms with Gasteiger partial charge in [-0.05, 0) is 56.2 Å². The number of benzene rings is 1. The van der Waals surface area contributed by atoms with Gasteiger partial charge in [-0.3, -0.25) is 4.79 Å². The van der Waals surface area contributed by atoms with Crippen molar-refractivity contribution < 1.29 is 4.79 Å². The summed E-state index contributed by atoms with van der Waals surface area (Å²) >= 11 is 5.91. The highest BCUT2D eigenvalue weighted by Crippen LogP contribution is 2.41. The maximum Gasteiger partial charge on any atom is 0.243 e. The molecule has 0 radical (unpaired) electrons. The van der Waals surface area contributed by atoms with E-state index in [1.807, 2.05) is 36.1 Å². The molecule has 1 aromatic carbocycles. The van der Waals surface area contributed by atoms with Gasteiger partial charge >= 0.3 is 0 Å². The minimum absolute atomic E-state index is 0.109. The van der Waals surface area contributed by atoms with E-state index in [0.717, 1.165) is 36.3 Å². The Morgan fingerprint density at radius 3 is 2.40 bits per heavy atom. The van der Waals surface area contributed by atoms with Crippen molar-refractivity contribution in [1.82, 2.24) is 4.90 Å². The van der Waals surface area contributed by atoms with Gasteiger partial charge in [0.2, 0.25) is 5.91 Å². The van der Waals surface area contributed by atoms with Crippen LogP contribution in [0.4, 0.5) is 0 Å². The summed E-state index contributed by atoms with van der Waals surface area (Å²) in [6, 6.07) is 8.08. The van der Waals surface area contributed by atoms with E-state index in [1.54, 1.807) is 0 Å². The molecular formula is C16H21ClN2O. The third kappa shape index (κ3) is 2.84. The van der Waals surface area contributed by atoms with Crippen LogP contribution in [0.1, 0.15) is 38.2 Å². The fraction of sp³-hybridized carbons (Fsp3) is 0.562. The highest BCUT2D eigenvalue weighted by molar-refractivity contribution is 6.30. The summed E-state index contributed by atoms with van der Waals surface area (Å²) in [5, 5.41) is 0.722. The van der Waals surface area contributed by atoms with Gasteiger partial charge in [0.25, 0.3) is 0 Å². The lowest BCUT2D eigenvalue weighted by Crippen LogP contribution is -2.55. The summed E-state index contributed by atoms with van der Waals surface area (Å²) in [7, 11) is 0. The number of hydrogen-bond acceptors (Lipinski definition) is 2. The molecule has 2 N–H and O–H groups in total. The lowest BCUT2D eigenvalue weighted by molar-refractivity contribution is -0.138. The maximum absolute atomic E-state index is 12.8. The smallest absolute Gasteiger partial charge is 0.243 e. The highest BCUT2D eigenvalue weighted by atomic mass is 35.5. The predicted octanol–water partition coefficient (Wildman–Crippen LogP) is 2.96. The largest absolute Gasteiger partial charge is 0.334 e. The third-order valence-electron chi connectivity index (χ3n) is 4.40. The first-order valence-corrected chi connectivity index (χ1v) is 7.70. The molecule has 2 saturated carbocycles. The normalized spacial score (nSPS) is 21.4. The molecule has 0 spiro atoms. The molecule has 1 amide bonds. The topological polar surface area (TPSA) is 46.3 Å². The van der Waals surface area contributed by atoms with Crippen LogP contribution in [0.2, 0.25) is 5.02 Å². The lowest BCUT2D eigenvalue weighted by atomic mass is 9.95. The first-order valence-electron chi connectivity index (χ1n) is 7.33. The van der Waals surface area contributed by atoms with Crippen LogP contribution in [0, 0.1) is 5.92 Å². The van der Waals surface area contributed by atoms with E-state index in [1.165, 1.54) is 0 Å². The zero-order valence-electron chi connectivity index (χ0n) is 11.8. The molecule has 1 unspecified atom stereocenters. The Labute approximate surface area is 125 Å². The molecule has 3 rings (SSSR count). The van der Waals surface area contributed by atoms with Gasteiger partial charge in [-0.2, -0.15) is 0 Å². The van der Waals surface area contributed by atoms with E-state index in [2.05, 4.69) is 0 Å². The highest BCUT2D eigenvalue weighted by Gasteiger charge is 2.48. The van der Waals surface area contributed by atoms with E-state index in [9.17, 15) is 4.79 Å². The average Bonchev–Trinajstić information content (AvgIpc) is 3.29. The molecule has 108 valence electrons. The first kappa shape index (κ1) is 13.9. The molecule has 3 nitrogen and oxygen atoms in total. The second-order valence-corrected chi connectivity index (χ2v) is 6.78. The number of hydrogen-bond donors (Lipinski definition) is 1. The quantitative estimate of drug-likeness (QED) is 0.907. The van der Waals surface area contributed by atoms with E-state index in [-0.39, 0.29) is 5.91 Å². The second-order valence-electron chi connectivity index (χ2n) is 6.35. The Morgan fingerprint density at radius 1 is 1.30 bits per heavy atom. The van der Waals surface area contributed by atoms with Crippen molar-refractivity contribution in [3.05, 3.63) is 34.9 Å². The van der Waals surface area contributed by atoms with Gasteiger partial charge in [0.05, 0.1) is 5.54 Å². The fourth-order valence-electron chi connectivity index (χ4n) is 2.71. The summed E-state index contributed by atoms with van der Waals surface area (Å²) in [4.78, 5) is 14.7. The lowest BCUT2D eigenvalue weighted by Gasteiger charge is -2.32. The van der Waals surface area contributed by atoms with Gasteiger partial charge in [0, 0.05) is 17.6 Å². The van der Waals surface area contributed by atoms with Crippen molar-refractivity contribution in [3.63, 3.8) is 0 Å². The summed E-state index contributed by atoms with van der Waals surface area (Å²) < 4.78 is 0. The van der Waals surface area contributed by atoms with Crippen LogP contribution in [-0.2, 0) is 11.3 Å². The molecule has 0 heterocycles. The van der Waals surface area contributed by atoms with Crippen molar-refractivity contribution in [3.8, 4) is 0 Å². The van der Waals surface area contributed by atoms with Crippen LogP contribution >= 0.6 is 11.6 Å². The Balaban J connectivity index is 1.75. The van der Waals surface area contributed by atoms with Crippen LogP contribution in [0.5, 0.6) is 0 Å². The molecular weight excluding hydrogens is 272 g/mol. The van der Waals surface area contributed by atoms with Gasteiger partial charge in [-0.15, -0.1) is 0 Å². The minimum atomic E-state index is -0.699. The molecule has 2 fully saturated rings. The number of rotatable bonds is 5. The van der Waals surface area contributed by atoms with E-state index in [0.29, 0.717) is 18.5 Å². The number of amides is 1. The SMILES string of the molecule is CC(N)(C(=O)N(Cc1ccc(Cl)cc1)C1CC1)C1CC1. The van der Waals surface area contributed by atoms with Crippen LogP contribution < -0.4 is 5.73 Å². The molecule has 2 aliphatic rings. The monoisotopic (exact) mass is 292 g/mol. The number of halogens is 1. The van der Waals surface area contributed by atoms with E-state index in [4.69, 9.17) is 17.3 Å². The van der Waals surface area contributed by atoms with Gasteiger partial charge in [0.15, 0.2) is 0 Å². The second kappa shape index (κ2) is 5.05. The van der Waals surface area contributed by atoms with Gasteiger partial charge in [-0.25, -0.2) is 0 Å². The van der Waals surface area contributed by atoms with Crippen LogP contribution in [0.25, 0.3) is 0 Å². The van der Waals surface area contributed by atoms with Crippen LogP contribution in [0.15, 0.2) is 24.3 Å². The van der Waals surface area contributed by atoms with Crippen molar-refractivity contribution in [1.29, 1.82) is 0 Å². The fourth-order valence-corrected chi connectivity index (χ4v) is 2.83. The third-order valence-corrected chi connectivity index (χ3v) is 4.65. The molecule has 2 aliphatic carbocycles. The van der Waals surface area contributed by atoms with E-state index >= 15 is 0 Å². The molecule has 0 aliphatic heterocycles. The van der Waals surface area contributed by atoms with Crippen molar-refractivity contribution in [2.24, 2.45) is 11.7 Å². The molecule has 1 aromatic rings. The Hall–Kier alpha value is -1.06. The number of nitrogens with two attached hydrogens (primary N) is 1. The van der Waals surface area contributed by atoms with Gasteiger partial charge < -0.3 is 10.6 Å². The molecule has 20 heavy (non-hydrogen) atoms. The van der Waals surface area contributed by atoms with Crippen LogP contribution in [-0.4, -0.2) is 22.4 Å². The molecule has 0 aromatic heterocycles. The Kier molecular flexibility index (Phi) is 3.51. The van der Waals surface area contributed by atoms with E-state index < -0.39 is 5.54 Å². The minimum Gasteiger partial charge on any atom is -0.334 e. The first-order chi connectivity index (χ1) is 9.48. The molecule has 0 saturated heterocycles. The summed E-state index contributed by atoms with van der Waals surface area (Å²) in [5.74, 6) is 0.471.